The Morgan fingerprint density at radius 2 is 1.38 bits per heavy atom. The van der Waals surface area contributed by atoms with Crippen molar-refractivity contribution in [2.24, 2.45) is 0 Å². The lowest BCUT2D eigenvalue weighted by molar-refractivity contribution is 0.170. The Morgan fingerprint density at radius 3 is 1.79 bits per heavy atom. The standard InChI is InChI=1S/C18H20F2N2.C2H6/c1-13-12-22(11-10-21-13)18(14-2-6-16(19)7-3-14)15-4-8-17(20)9-5-15;1-2/h2-9,13,18,21H,10-12H2,1H3;1-2H3. The molecule has 3 rings (SSSR count). The minimum Gasteiger partial charge on any atom is -0.312 e. The van der Waals surface area contributed by atoms with Gasteiger partial charge >= 0.3 is 0 Å². The number of nitrogens with one attached hydrogen (secondary N) is 1. The van der Waals surface area contributed by atoms with E-state index in [4.69, 9.17) is 0 Å². The summed E-state index contributed by atoms with van der Waals surface area (Å²) in [4.78, 5) is 2.36. The van der Waals surface area contributed by atoms with Crippen molar-refractivity contribution >= 4 is 0 Å². The molecule has 1 saturated heterocycles. The van der Waals surface area contributed by atoms with Crippen LogP contribution < -0.4 is 5.32 Å². The van der Waals surface area contributed by atoms with Gasteiger partial charge in [0.15, 0.2) is 0 Å². The van der Waals surface area contributed by atoms with Crippen LogP contribution >= 0.6 is 0 Å². The van der Waals surface area contributed by atoms with Crippen LogP contribution in [0.15, 0.2) is 48.5 Å². The van der Waals surface area contributed by atoms with Gasteiger partial charge in [-0.25, -0.2) is 8.78 Å². The lowest BCUT2D eigenvalue weighted by Gasteiger charge is -2.38. The van der Waals surface area contributed by atoms with E-state index >= 15 is 0 Å². The molecule has 1 aliphatic rings. The molecule has 130 valence electrons. The van der Waals surface area contributed by atoms with Gasteiger partial charge < -0.3 is 5.32 Å². The maximum atomic E-state index is 13.2. The summed E-state index contributed by atoms with van der Waals surface area (Å²) in [7, 11) is 0. The van der Waals surface area contributed by atoms with Crippen LogP contribution in [0.4, 0.5) is 8.78 Å². The van der Waals surface area contributed by atoms with E-state index in [9.17, 15) is 8.78 Å². The smallest absolute Gasteiger partial charge is 0.123 e. The zero-order chi connectivity index (χ0) is 17.5. The third-order valence-electron chi connectivity index (χ3n) is 4.14. The van der Waals surface area contributed by atoms with Crippen molar-refractivity contribution in [1.82, 2.24) is 10.2 Å². The van der Waals surface area contributed by atoms with Gasteiger partial charge in [0.1, 0.15) is 11.6 Å². The van der Waals surface area contributed by atoms with Gasteiger partial charge in [-0.15, -0.1) is 0 Å². The van der Waals surface area contributed by atoms with Gasteiger partial charge in [-0.3, -0.25) is 4.90 Å². The molecule has 0 aromatic heterocycles. The van der Waals surface area contributed by atoms with Crippen molar-refractivity contribution in [2.75, 3.05) is 19.6 Å². The number of nitrogens with zero attached hydrogens (tertiary/aromatic N) is 1. The summed E-state index contributed by atoms with van der Waals surface area (Å²) in [5.41, 5.74) is 2.06. The van der Waals surface area contributed by atoms with E-state index in [2.05, 4.69) is 17.1 Å². The molecule has 24 heavy (non-hydrogen) atoms. The Morgan fingerprint density at radius 1 is 0.917 bits per heavy atom. The summed E-state index contributed by atoms with van der Waals surface area (Å²) >= 11 is 0. The topological polar surface area (TPSA) is 15.3 Å². The van der Waals surface area contributed by atoms with E-state index in [1.807, 2.05) is 38.1 Å². The molecule has 0 radical (unpaired) electrons. The number of piperazine rings is 1. The van der Waals surface area contributed by atoms with E-state index in [1.54, 1.807) is 0 Å². The van der Waals surface area contributed by atoms with E-state index in [1.165, 1.54) is 24.3 Å². The molecule has 2 aromatic carbocycles. The van der Waals surface area contributed by atoms with Crippen LogP contribution in [-0.4, -0.2) is 30.6 Å². The normalized spacial score (nSPS) is 18.2. The second kappa shape index (κ2) is 8.90. The summed E-state index contributed by atoms with van der Waals surface area (Å²) in [6, 6.07) is 13.6. The van der Waals surface area contributed by atoms with Crippen LogP contribution in [-0.2, 0) is 0 Å². The van der Waals surface area contributed by atoms with E-state index in [0.29, 0.717) is 6.04 Å². The summed E-state index contributed by atoms with van der Waals surface area (Å²) in [5.74, 6) is -0.481. The highest BCUT2D eigenvalue weighted by Crippen LogP contribution is 2.29. The number of hydrogen-bond acceptors (Lipinski definition) is 2. The molecule has 1 heterocycles. The highest BCUT2D eigenvalue weighted by molar-refractivity contribution is 5.32. The van der Waals surface area contributed by atoms with Gasteiger partial charge in [0.25, 0.3) is 0 Å². The van der Waals surface area contributed by atoms with Crippen LogP contribution in [0.1, 0.15) is 37.9 Å². The SMILES string of the molecule is CC.CC1CN(C(c2ccc(F)cc2)c2ccc(F)cc2)CCN1. The van der Waals surface area contributed by atoms with Gasteiger partial charge in [-0.1, -0.05) is 38.1 Å². The fourth-order valence-electron chi connectivity index (χ4n) is 3.10. The second-order valence-electron chi connectivity index (χ2n) is 5.86. The third-order valence-corrected chi connectivity index (χ3v) is 4.14. The largest absolute Gasteiger partial charge is 0.312 e. The monoisotopic (exact) mass is 332 g/mol. The predicted octanol–water partition coefficient (Wildman–Crippen LogP) is 4.37. The molecule has 2 nitrogen and oxygen atoms in total. The molecular formula is C20H26F2N2. The first-order valence-corrected chi connectivity index (χ1v) is 8.62. The fraction of sp³-hybridized carbons (Fsp3) is 0.400. The maximum Gasteiger partial charge on any atom is 0.123 e. The first kappa shape index (κ1) is 18.6. The Bertz CT molecular complexity index is 565. The lowest BCUT2D eigenvalue weighted by atomic mass is 9.96. The van der Waals surface area contributed by atoms with Gasteiger partial charge in [0.2, 0.25) is 0 Å². The molecule has 2 aromatic rings. The van der Waals surface area contributed by atoms with Crippen LogP contribution in [0.2, 0.25) is 0 Å². The predicted molar refractivity (Wildman–Crippen MR) is 95.0 cm³/mol. The van der Waals surface area contributed by atoms with Crippen molar-refractivity contribution in [3.63, 3.8) is 0 Å². The van der Waals surface area contributed by atoms with E-state index in [-0.39, 0.29) is 17.7 Å². The number of halogens is 2. The summed E-state index contributed by atoms with van der Waals surface area (Å²) < 4.78 is 26.5. The average molecular weight is 332 g/mol. The molecule has 1 unspecified atom stereocenters. The van der Waals surface area contributed by atoms with Gasteiger partial charge in [0, 0.05) is 25.7 Å². The lowest BCUT2D eigenvalue weighted by Crippen LogP contribution is -2.50. The first-order valence-electron chi connectivity index (χ1n) is 8.62. The molecule has 0 aliphatic carbocycles. The first-order chi connectivity index (χ1) is 11.6. The van der Waals surface area contributed by atoms with Gasteiger partial charge in [-0.05, 0) is 42.3 Å². The third kappa shape index (κ3) is 4.62. The number of rotatable bonds is 3. The van der Waals surface area contributed by atoms with E-state index < -0.39 is 0 Å². The molecule has 0 spiro atoms. The van der Waals surface area contributed by atoms with Crippen molar-refractivity contribution < 1.29 is 8.78 Å². The number of hydrogen-bond donors (Lipinski definition) is 1. The zero-order valence-electron chi connectivity index (χ0n) is 14.6. The Hall–Kier alpha value is -1.78. The Balaban J connectivity index is 0.00000100. The molecule has 4 heteroatoms. The van der Waals surface area contributed by atoms with Crippen molar-refractivity contribution in [2.45, 2.75) is 32.9 Å². The molecule has 0 saturated carbocycles. The van der Waals surface area contributed by atoms with Crippen LogP contribution in [0.5, 0.6) is 0 Å². The molecule has 1 aliphatic heterocycles. The minimum atomic E-state index is -0.240. The highest BCUT2D eigenvalue weighted by Gasteiger charge is 2.26. The fourth-order valence-corrected chi connectivity index (χ4v) is 3.10. The molecule has 1 N–H and O–H groups in total. The zero-order valence-corrected chi connectivity index (χ0v) is 14.6. The summed E-state index contributed by atoms with van der Waals surface area (Å²) in [5, 5.41) is 3.43. The minimum absolute atomic E-state index is 0.0192. The van der Waals surface area contributed by atoms with Crippen molar-refractivity contribution in [3.8, 4) is 0 Å². The quantitative estimate of drug-likeness (QED) is 0.897. The Labute approximate surface area is 143 Å². The van der Waals surface area contributed by atoms with Crippen LogP contribution in [0.25, 0.3) is 0 Å². The molecule has 0 amide bonds. The average Bonchev–Trinajstić information content (AvgIpc) is 2.60. The molecular weight excluding hydrogens is 306 g/mol. The van der Waals surface area contributed by atoms with Crippen LogP contribution in [0, 0.1) is 11.6 Å². The van der Waals surface area contributed by atoms with Gasteiger partial charge in [-0.2, -0.15) is 0 Å². The van der Waals surface area contributed by atoms with Gasteiger partial charge in [0.05, 0.1) is 6.04 Å². The molecule has 0 bridgehead atoms. The molecule has 1 fully saturated rings. The second-order valence-corrected chi connectivity index (χ2v) is 5.86. The van der Waals surface area contributed by atoms with Crippen molar-refractivity contribution in [1.29, 1.82) is 0 Å². The van der Waals surface area contributed by atoms with E-state index in [0.717, 1.165) is 30.8 Å². The molecule has 1 atom stereocenters. The van der Waals surface area contributed by atoms with Crippen molar-refractivity contribution in [3.05, 3.63) is 71.3 Å². The summed E-state index contributed by atoms with van der Waals surface area (Å²) in [6.45, 7) is 8.88. The summed E-state index contributed by atoms with van der Waals surface area (Å²) in [6.07, 6.45) is 0. The van der Waals surface area contributed by atoms with Crippen LogP contribution in [0.3, 0.4) is 0 Å². The maximum absolute atomic E-state index is 13.2. The Kier molecular flexibility index (Phi) is 6.88. The highest BCUT2D eigenvalue weighted by atomic mass is 19.1. The number of benzene rings is 2.